The van der Waals surface area contributed by atoms with E-state index in [0.29, 0.717) is 12.3 Å². The first-order valence-electron chi connectivity index (χ1n) is 6.39. The third-order valence-corrected chi connectivity index (χ3v) is 3.98. The van der Waals surface area contributed by atoms with Gasteiger partial charge in [-0.05, 0) is 50.0 Å². The van der Waals surface area contributed by atoms with Crippen LogP contribution in [0.5, 0.6) is 0 Å². The van der Waals surface area contributed by atoms with Crippen molar-refractivity contribution in [2.75, 3.05) is 25.0 Å². The van der Waals surface area contributed by atoms with Crippen LogP contribution in [0.2, 0.25) is 0 Å². The summed E-state index contributed by atoms with van der Waals surface area (Å²) >= 11 is 3.43. The predicted octanol–water partition coefficient (Wildman–Crippen LogP) is 2.80. The Morgan fingerprint density at radius 2 is 2.17 bits per heavy atom. The van der Waals surface area contributed by atoms with Crippen molar-refractivity contribution in [3.8, 4) is 0 Å². The minimum atomic E-state index is 0.208. The molecule has 4 heteroatoms. The van der Waals surface area contributed by atoms with Crippen LogP contribution >= 0.6 is 15.9 Å². The van der Waals surface area contributed by atoms with Gasteiger partial charge in [-0.1, -0.05) is 22.0 Å². The summed E-state index contributed by atoms with van der Waals surface area (Å²) in [6.07, 6.45) is 2.88. The summed E-state index contributed by atoms with van der Waals surface area (Å²) in [5, 5.41) is 3.33. The van der Waals surface area contributed by atoms with Crippen molar-refractivity contribution in [3.05, 3.63) is 28.7 Å². The maximum absolute atomic E-state index is 12.2. The van der Waals surface area contributed by atoms with Crippen molar-refractivity contribution < 1.29 is 4.79 Å². The second-order valence-corrected chi connectivity index (χ2v) is 5.75. The molecule has 1 heterocycles. The number of halogens is 1. The predicted molar refractivity (Wildman–Crippen MR) is 77.8 cm³/mol. The van der Waals surface area contributed by atoms with Crippen molar-refractivity contribution in [1.82, 2.24) is 5.32 Å². The standard InChI is InChI=1S/C14H19BrN2O/c1-17(13-4-2-3-12(15)10-13)14(18)9-11-5-7-16-8-6-11/h2-4,10-11,16H,5-9H2,1H3. The number of piperidine rings is 1. The van der Waals surface area contributed by atoms with E-state index < -0.39 is 0 Å². The lowest BCUT2D eigenvalue weighted by molar-refractivity contribution is -0.119. The Hall–Kier alpha value is -0.870. The van der Waals surface area contributed by atoms with E-state index in [2.05, 4.69) is 21.2 Å². The van der Waals surface area contributed by atoms with Crippen molar-refractivity contribution >= 4 is 27.5 Å². The molecule has 1 aliphatic heterocycles. The summed E-state index contributed by atoms with van der Waals surface area (Å²) in [6.45, 7) is 2.08. The molecular formula is C14H19BrN2O. The van der Waals surface area contributed by atoms with Crippen molar-refractivity contribution in [2.24, 2.45) is 5.92 Å². The molecule has 0 unspecified atom stereocenters. The SMILES string of the molecule is CN(C(=O)CC1CCNCC1)c1cccc(Br)c1. The number of rotatable bonds is 3. The number of hydrogen-bond donors (Lipinski definition) is 1. The molecule has 3 nitrogen and oxygen atoms in total. The average Bonchev–Trinajstić information content (AvgIpc) is 2.39. The summed E-state index contributed by atoms with van der Waals surface area (Å²) in [7, 11) is 1.85. The Bertz CT molecular complexity index is 416. The highest BCUT2D eigenvalue weighted by Gasteiger charge is 2.19. The minimum absolute atomic E-state index is 0.208. The molecule has 1 saturated heterocycles. The molecule has 0 atom stereocenters. The third kappa shape index (κ3) is 3.56. The number of carbonyl (C=O) groups is 1. The molecule has 1 fully saturated rings. The molecular weight excluding hydrogens is 292 g/mol. The zero-order chi connectivity index (χ0) is 13.0. The van der Waals surface area contributed by atoms with Gasteiger partial charge in [-0.3, -0.25) is 4.79 Å². The molecule has 1 N–H and O–H groups in total. The molecule has 0 aromatic heterocycles. The van der Waals surface area contributed by atoms with Crippen LogP contribution in [0.4, 0.5) is 5.69 Å². The fraction of sp³-hybridized carbons (Fsp3) is 0.500. The normalized spacial score (nSPS) is 16.6. The first-order chi connectivity index (χ1) is 8.66. The fourth-order valence-corrected chi connectivity index (χ4v) is 2.69. The van der Waals surface area contributed by atoms with Gasteiger partial charge < -0.3 is 10.2 Å². The van der Waals surface area contributed by atoms with E-state index >= 15 is 0 Å². The van der Waals surface area contributed by atoms with Gasteiger partial charge in [0.2, 0.25) is 5.91 Å². The molecule has 0 aliphatic carbocycles. The first-order valence-corrected chi connectivity index (χ1v) is 7.19. The third-order valence-electron chi connectivity index (χ3n) is 3.49. The van der Waals surface area contributed by atoms with Crippen LogP contribution in [-0.4, -0.2) is 26.0 Å². The summed E-state index contributed by atoms with van der Waals surface area (Å²) in [4.78, 5) is 14.0. The quantitative estimate of drug-likeness (QED) is 0.931. The Balaban J connectivity index is 1.95. The van der Waals surface area contributed by atoms with E-state index in [-0.39, 0.29) is 5.91 Å². The van der Waals surface area contributed by atoms with Gasteiger partial charge >= 0.3 is 0 Å². The zero-order valence-electron chi connectivity index (χ0n) is 10.7. The van der Waals surface area contributed by atoms with Gasteiger partial charge in [0.25, 0.3) is 0 Å². The molecule has 1 aliphatic rings. The summed E-state index contributed by atoms with van der Waals surface area (Å²) in [6, 6.07) is 7.85. The number of carbonyl (C=O) groups excluding carboxylic acids is 1. The van der Waals surface area contributed by atoms with Crippen LogP contribution in [0.25, 0.3) is 0 Å². The maximum Gasteiger partial charge on any atom is 0.226 e. The largest absolute Gasteiger partial charge is 0.317 e. The highest BCUT2D eigenvalue weighted by atomic mass is 79.9. The van der Waals surface area contributed by atoms with Crippen LogP contribution in [-0.2, 0) is 4.79 Å². The topological polar surface area (TPSA) is 32.3 Å². The summed E-state index contributed by atoms with van der Waals surface area (Å²) in [5.41, 5.74) is 0.948. The van der Waals surface area contributed by atoms with E-state index in [1.807, 2.05) is 31.3 Å². The molecule has 1 aromatic carbocycles. The van der Waals surface area contributed by atoms with Crippen LogP contribution in [0.15, 0.2) is 28.7 Å². The number of amides is 1. The smallest absolute Gasteiger partial charge is 0.226 e. The first kappa shape index (κ1) is 13.6. The number of hydrogen-bond acceptors (Lipinski definition) is 2. The molecule has 0 spiro atoms. The van der Waals surface area contributed by atoms with Gasteiger partial charge in [-0.2, -0.15) is 0 Å². The average molecular weight is 311 g/mol. The summed E-state index contributed by atoms with van der Waals surface area (Å²) in [5.74, 6) is 0.744. The zero-order valence-corrected chi connectivity index (χ0v) is 12.2. The molecule has 1 amide bonds. The molecule has 0 radical (unpaired) electrons. The van der Waals surface area contributed by atoms with Gasteiger partial charge in [0.15, 0.2) is 0 Å². The van der Waals surface area contributed by atoms with Crippen LogP contribution in [0.3, 0.4) is 0 Å². The Kier molecular flexibility index (Phi) is 4.78. The van der Waals surface area contributed by atoms with E-state index in [9.17, 15) is 4.79 Å². The highest BCUT2D eigenvalue weighted by Crippen LogP contribution is 2.22. The van der Waals surface area contributed by atoms with E-state index in [1.54, 1.807) is 4.90 Å². The molecule has 98 valence electrons. The molecule has 2 rings (SSSR count). The number of nitrogens with zero attached hydrogens (tertiary/aromatic N) is 1. The number of benzene rings is 1. The van der Waals surface area contributed by atoms with Crippen molar-refractivity contribution in [2.45, 2.75) is 19.3 Å². The van der Waals surface area contributed by atoms with Crippen molar-refractivity contribution in [3.63, 3.8) is 0 Å². The Morgan fingerprint density at radius 1 is 1.44 bits per heavy atom. The number of anilines is 1. The highest BCUT2D eigenvalue weighted by molar-refractivity contribution is 9.10. The minimum Gasteiger partial charge on any atom is -0.317 e. The van der Waals surface area contributed by atoms with E-state index in [0.717, 1.165) is 36.1 Å². The molecule has 0 bridgehead atoms. The second-order valence-electron chi connectivity index (χ2n) is 4.83. The van der Waals surface area contributed by atoms with Crippen LogP contribution < -0.4 is 10.2 Å². The molecule has 18 heavy (non-hydrogen) atoms. The van der Waals surface area contributed by atoms with Gasteiger partial charge in [0.05, 0.1) is 0 Å². The number of nitrogens with one attached hydrogen (secondary N) is 1. The fourth-order valence-electron chi connectivity index (χ4n) is 2.30. The molecule has 0 saturated carbocycles. The lowest BCUT2D eigenvalue weighted by atomic mass is 9.94. The second kappa shape index (κ2) is 6.34. The van der Waals surface area contributed by atoms with Crippen LogP contribution in [0.1, 0.15) is 19.3 Å². The lowest BCUT2D eigenvalue weighted by Gasteiger charge is -2.25. The Morgan fingerprint density at radius 3 is 2.83 bits per heavy atom. The van der Waals surface area contributed by atoms with Gasteiger partial charge in [0, 0.05) is 23.6 Å². The summed E-state index contributed by atoms with van der Waals surface area (Å²) < 4.78 is 1.00. The van der Waals surface area contributed by atoms with Crippen LogP contribution in [0, 0.1) is 5.92 Å². The Labute approximate surface area is 117 Å². The maximum atomic E-state index is 12.2. The lowest BCUT2D eigenvalue weighted by Crippen LogP contribution is -2.33. The molecule has 1 aromatic rings. The van der Waals surface area contributed by atoms with E-state index in [4.69, 9.17) is 0 Å². The van der Waals surface area contributed by atoms with Gasteiger partial charge in [-0.25, -0.2) is 0 Å². The van der Waals surface area contributed by atoms with Gasteiger partial charge in [-0.15, -0.1) is 0 Å². The van der Waals surface area contributed by atoms with E-state index in [1.165, 1.54) is 0 Å². The monoisotopic (exact) mass is 310 g/mol. The van der Waals surface area contributed by atoms with Gasteiger partial charge in [0.1, 0.15) is 0 Å². The van der Waals surface area contributed by atoms with Crippen molar-refractivity contribution in [1.29, 1.82) is 0 Å².